The molecule has 2 atom stereocenters. The Morgan fingerprint density at radius 2 is 2.00 bits per heavy atom. The highest BCUT2D eigenvalue weighted by Crippen LogP contribution is 2.45. The van der Waals surface area contributed by atoms with Gasteiger partial charge in [-0.2, -0.15) is 0 Å². The van der Waals surface area contributed by atoms with Crippen molar-refractivity contribution in [3.05, 3.63) is 64.1 Å². The summed E-state index contributed by atoms with van der Waals surface area (Å²) >= 11 is 4.83. The van der Waals surface area contributed by atoms with E-state index in [4.69, 9.17) is 0 Å². The maximum absolute atomic E-state index is 13.0. The minimum absolute atomic E-state index is 0.146. The Labute approximate surface area is 152 Å². The smallest absolute Gasteiger partial charge is 0.267 e. The number of hydrogen-bond acceptors (Lipinski definition) is 3. The largest absolute Gasteiger partial charge is 0.271 e. The van der Waals surface area contributed by atoms with Gasteiger partial charge in [-0.1, -0.05) is 30.8 Å². The van der Waals surface area contributed by atoms with Gasteiger partial charge in [0.15, 0.2) is 0 Å². The Morgan fingerprint density at radius 3 is 2.67 bits per heavy atom. The second-order valence-electron chi connectivity index (χ2n) is 5.97. The Hall–Kier alpha value is -1.53. The second-order valence-corrected chi connectivity index (χ2v) is 8.27. The van der Waals surface area contributed by atoms with Crippen LogP contribution in [0.5, 0.6) is 0 Å². The fourth-order valence-electron chi connectivity index (χ4n) is 2.66. The van der Waals surface area contributed by atoms with Gasteiger partial charge in [-0.25, -0.2) is 14.4 Å². The molecule has 1 amide bonds. The molecule has 1 aliphatic rings. The summed E-state index contributed by atoms with van der Waals surface area (Å²) in [5.41, 5.74) is 1.92. The summed E-state index contributed by atoms with van der Waals surface area (Å²) in [4.78, 5) is 20.9. The first-order chi connectivity index (χ1) is 11.4. The SMILES string of the molecule is C[C@H](CC1=NC(=O)C(C)(c2ccnc(Br)c2)S1)c1ccc(F)cc1. The molecule has 3 nitrogen and oxygen atoms in total. The number of amides is 1. The van der Waals surface area contributed by atoms with E-state index in [1.807, 2.05) is 19.1 Å². The predicted octanol–water partition coefficient (Wildman–Crippen LogP) is 5.06. The van der Waals surface area contributed by atoms with Crippen molar-refractivity contribution in [2.45, 2.75) is 30.9 Å². The molecule has 2 heterocycles. The lowest BCUT2D eigenvalue weighted by molar-refractivity contribution is -0.119. The van der Waals surface area contributed by atoms with Crippen LogP contribution in [0.25, 0.3) is 0 Å². The summed E-state index contributed by atoms with van der Waals surface area (Å²) < 4.78 is 13.0. The van der Waals surface area contributed by atoms with Crippen molar-refractivity contribution in [2.24, 2.45) is 4.99 Å². The van der Waals surface area contributed by atoms with Crippen LogP contribution in [0.3, 0.4) is 0 Å². The number of aliphatic imine (C=N–C) groups is 1. The third-order valence-electron chi connectivity index (χ3n) is 4.15. The first kappa shape index (κ1) is 17.3. The summed E-state index contributed by atoms with van der Waals surface area (Å²) in [5.74, 6) is -0.229. The molecule has 1 unspecified atom stereocenters. The van der Waals surface area contributed by atoms with Crippen LogP contribution >= 0.6 is 27.7 Å². The molecular weight excluding hydrogens is 391 g/mol. The van der Waals surface area contributed by atoms with E-state index in [1.165, 1.54) is 23.9 Å². The standard InChI is InChI=1S/C18H16BrFN2OS/c1-11(12-3-5-14(20)6-4-12)9-16-22-17(23)18(2,24-16)13-7-8-21-15(19)10-13/h3-8,10-11H,9H2,1-2H3/t11-,18?/m1/s1. The van der Waals surface area contributed by atoms with Gasteiger partial charge in [-0.15, -0.1) is 0 Å². The first-order valence-electron chi connectivity index (χ1n) is 7.57. The number of rotatable bonds is 4. The summed E-state index contributed by atoms with van der Waals surface area (Å²) in [7, 11) is 0. The highest BCUT2D eigenvalue weighted by atomic mass is 79.9. The average molecular weight is 407 g/mol. The molecule has 3 rings (SSSR count). The number of pyridine rings is 1. The number of nitrogens with zero attached hydrogens (tertiary/aromatic N) is 2. The van der Waals surface area contributed by atoms with Crippen molar-refractivity contribution in [3.63, 3.8) is 0 Å². The van der Waals surface area contributed by atoms with E-state index in [9.17, 15) is 9.18 Å². The van der Waals surface area contributed by atoms with Crippen LogP contribution < -0.4 is 0 Å². The third kappa shape index (κ3) is 3.44. The van der Waals surface area contributed by atoms with Crippen LogP contribution in [-0.4, -0.2) is 15.9 Å². The molecule has 2 aromatic rings. The second kappa shape index (κ2) is 6.76. The van der Waals surface area contributed by atoms with Crippen LogP contribution in [0.1, 0.15) is 37.3 Å². The molecule has 6 heteroatoms. The van der Waals surface area contributed by atoms with E-state index in [-0.39, 0.29) is 17.6 Å². The number of aromatic nitrogens is 1. The van der Waals surface area contributed by atoms with Crippen molar-refractivity contribution in [1.29, 1.82) is 0 Å². The number of carbonyl (C=O) groups excluding carboxylic acids is 1. The van der Waals surface area contributed by atoms with Gasteiger partial charge in [0, 0.05) is 12.6 Å². The van der Waals surface area contributed by atoms with Crippen LogP contribution in [0.15, 0.2) is 52.2 Å². The van der Waals surface area contributed by atoms with Gasteiger partial charge in [-0.3, -0.25) is 4.79 Å². The van der Waals surface area contributed by atoms with Gasteiger partial charge < -0.3 is 0 Å². The van der Waals surface area contributed by atoms with E-state index in [0.717, 1.165) is 16.2 Å². The van der Waals surface area contributed by atoms with E-state index < -0.39 is 4.75 Å². The van der Waals surface area contributed by atoms with Crippen LogP contribution in [-0.2, 0) is 9.54 Å². The zero-order chi connectivity index (χ0) is 17.3. The van der Waals surface area contributed by atoms with Gasteiger partial charge in [0.2, 0.25) is 0 Å². The minimum atomic E-state index is -0.719. The topological polar surface area (TPSA) is 42.3 Å². The molecule has 24 heavy (non-hydrogen) atoms. The van der Waals surface area contributed by atoms with Crippen molar-refractivity contribution >= 4 is 38.6 Å². The molecule has 0 saturated carbocycles. The molecular formula is C18H16BrFN2OS. The quantitative estimate of drug-likeness (QED) is 0.665. The average Bonchev–Trinajstić information content (AvgIpc) is 2.83. The maximum atomic E-state index is 13.0. The molecule has 1 aromatic carbocycles. The molecule has 0 aliphatic carbocycles. The van der Waals surface area contributed by atoms with Gasteiger partial charge in [0.05, 0.1) is 5.04 Å². The predicted molar refractivity (Wildman–Crippen MR) is 98.8 cm³/mol. The van der Waals surface area contributed by atoms with Crippen LogP contribution in [0.4, 0.5) is 4.39 Å². The highest BCUT2D eigenvalue weighted by Gasteiger charge is 2.42. The number of hydrogen-bond donors (Lipinski definition) is 0. The third-order valence-corrected chi connectivity index (χ3v) is 5.90. The van der Waals surface area contributed by atoms with Gasteiger partial charge in [0.25, 0.3) is 5.91 Å². The summed E-state index contributed by atoms with van der Waals surface area (Å²) in [6.45, 7) is 3.94. The molecule has 1 aliphatic heterocycles. The summed E-state index contributed by atoms with van der Waals surface area (Å²) in [6, 6.07) is 10.2. The van der Waals surface area contributed by atoms with Crippen molar-refractivity contribution in [3.8, 4) is 0 Å². The van der Waals surface area contributed by atoms with Crippen LogP contribution in [0, 0.1) is 5.82 Å². The molecule has 124 valence electrons. The lowest BCUT2D eigenvalue weighted by Gasteiger charge is -2.21. The number of carbonyl (C=O) groups is 1. The molecule has 0 radical (unpaired) electrons. The Kier molecular flexibility index (Phi) is 4.88. The first-order valence-corrected chi connectivity index (χ1v) is 9.18. The van der Waals surface area contributed by atoms with E-state index in [0.29, 0.717) is 11.0 Å². The number of benzene rings is 1. The lowest BCUT2D eigenvalue weighted by atomic mass is 9.98. The zero-order valence-corrected chi connectivity index (χ0v) is 15.7. The monoisotopic (exact) mass is 406 g/mol. The number of thioether (sulfide) groups is 1. The normalized spacial score (nSPS) is 21.7. The van der Waals surface area contributed by atoms with Gasteiger partial charge in [-0.05, 0) is 64.2 Å². The Morgan fingerprint density at radius 1 is 1.29 bits per heavy atom. The highest BCUT2D eigenvalue weighted by molar-refractivity contribution is 9.10. The fraction of sp³-hybridized carbons (Fsp3) is 0.278. The molecule has 0 saturated heterocycles. The molecule has 0 bridgehead atoms. The molecule has 0 spiro atoms. The molecule has 0 N–H and O–H groups in total. The Bertz CT molecular complexity index is 809. The molecule has 0 fully saturated rings. The van der Waals surface area contributed by atoms with Crippen LogP contribution in [0.2, 0.25) is 0 Å². The minimum Gasteiger partial charge on any atom is -0.271 e. The maximum Gasteiger partial charge on any atom is 0.267 e. The van der Waals surface area contributed by atoms with Gasteiger partial charge in [0.1, 0.15) is 15.2 Å². The van der Waals surface area contributed by atoms with Crippen molar-refractivity contribution < 1.29 is 9.18 Å². The zero-order valence-electron chi connectivity index (χ0n) is 13.3. The number of halogens is 2. The summed E-state index contributed by atoms with van der Waals surface area (Å²) in [6.07, 6.45) is 2.33. The van der Waals surface area contributed by atoms with Crippen molar-refractivity contribution in [2.75, 3.05) is 0 Å². The lowest BCUT2D eigenvalue weighted by Crippen LogP contribution is -2.24. The van der Waals surface area contributed by atoms with E-state index >= 15 is 0 Å². The van der Waals surface area contributed by atoms with Gasteiger partial charge >= 0.3 is 0 Å². The fourth-order valence-corrected chi connectivity index (χ4v) is 4.34. The van der Waals surface area contributed by atoms with Crippen molar-refractivity contribution in [1.82, 2.24) is 4.98 Å². The summed E-state index contributed by atoms with van der Waals surface area (Å²) in [5, 5.41) is 0.812. The Balaban J connectivity index is 1.76. The van der Waals surface area contributed by atoms with E-state index in [1.54, 1.807) is 18.3 Å². The molecule has 1 aromatic heterocycles. The van der Waals surface area contributed by atoms with E-state index in [2.05, 4.69) is 32.8 Å².